The Labute approximate surface area is 112 Å². The standard InChI is InChI=1S/C16H28N2/c1-5-16(6-2,18(7-3)8-4)15(17)14-12-10-9-11-13-14/h9-13,15H,5-8,17H2,1-4H3. The average Bonchev–Trinajstić information content (AvgIpc) is 2.45. The van der Waals surface area contributed by atoms with E-state index in [0.29, 0.717) is 0 Å². The molecule has 0 aliphatic heterocycles. The van der Waals surface area contributed by atoms with E-state index in [1.165, 1.54) is 5.56 Å². The molecule has 1 rings (SSSR count). The molecule has 0 spiro atoms. The van der Waals surface area contributed by atoms with E-state index < -0.39 is 0 Å². The van der Waals surface area contributed by atoms with Gasteiger partial charge in [0.1, 0.15) is 0 Å². The van der Waals surface area contributed by atoms with Gasteiger partial charge in [-0.25, -0.2) is 0 Å². The van der Waals surface area contributed by atoms with Crippen molar-refractivity contribution < 1.29 is 0 Å². The predicted molar refractivity (Wildman–Crippen MR) is 79.6 cm³/mol. The molecule has 0 fully saturated rings. The second kappa shape index (κ2) is 6.91. The summed E-state index contributed by atoms with van der Waals surface area (Å²) in [4.78, 5) is 2.52. The lowest BCUT2D eigenvalue weighted by Gasteiger charge is -2.46. The van der Waals surface area contributed by atoms with Gasteiger partial charge in [-0.05, 0) is 31.5 Å². The molecule has 1 aromatic rings. The minimum Gasteiger partial charge on any atom is -0.322 e. The third-order valence-electron chi connectivity index (χ3n) is 4.36. The van der Waals surface area contributed by atoms with Crippen molar-refractivity contribution in [2.75, 3.05) is 13.1 Å². The average molecular weight is 248 g/mol. The van der Waals surface area contributed by atoms with Gasteiger partial charge < -0.3 is 5.73 Å². The second-order valence-electron chi connectivity index (χ2n) is 4.87. The molecule has 0 aromatic heterocycles. The molecule has 0 radical (unpaired) electrons. The molecule has 0 aliphatic rings. The normalized spacial score (nSPS) is 13.9. The minimum absolute atomic E-state index is 0.0743. The van der Waals surface area contributed by atoms with E-state index in [4.69, 9.17) is 5.73 Å². The maximum absolute atomic E-state index is 6.61. The molecule has 0 aliphatic carbocycles. The zero-order valence-corrected chi connectivity index (χ0v) is 12.3. The summed E-state index contributed by atoms with van der Waals surface area (Å²) < 4.78 is 0. The molecule has 0 bridgehead atoms. The van der Waals surface area contributed by atoms with Crippen LogP contribution in [-0.4, -0.2) is 23.5 Å². The number of hydrogen-bond acceptors (Lipinski definition) is 2. The third-order valence-corrected chi connectivity index (χ3v) is 4.36. The Hall–Kier alpha value is -0.860. The number of nitrogens with two attached hydrogens (primary N) is 1. The Bertz CT molecular complexity index is 326. The van der Waals surface area contributed by atoms with E-state index in [2.05, 4.69) is 56.9 Å². The molecule has 0 saturated heterocycles. The van der Waals surface area contributed by atoms with Crippen molar-refractivity contribution in [3.63, 3.8) is 0 Å². The maximum Gasteiger partial charge on any atom is 0.0481 e. The van der Waals surface area contributed by atoms with E-state index in [1.54, 1.807) is 0 Å². The maximum atomic E-state index is 6.61. The summed E-state index contributed by atoms with van der Waals surface area (Å²) in [6.07, 6.45) is 2.17. The highest BCUT2D eigenvalue weighted by molar-refractivity contribution is 5.23. The lowest BCUT2D eigenvalue weighted by Crippen LogP contribution is -2.54. The van der Waals surface area contributed by atoms with Gasteiger partial charge in [0.2, 0.25) is 0 Å². The summed E-state index contributed by atoms with van der Waals surface area (Å²) >= 11 is 0. The Kier molecular flexibility index (Phi) is 5.83. The zero-order valence-electron chi connectivity index (χ0n) is 12.3. The van der Waals surface area contributed by atoms with Gasteiger partial charge in [-0.1, -0.05) is 58.0 Å². The van der Waals surface area contributed by atoms with Gasteiger partial charge in [-0.15, -0.1) is 0 Å². The SMILES string of the molecule is CCN(CC)C(CC)(CC)C(N)c1ccccc1. The fourth-order valence-electron chi connectivity index (χ4n) is 3.16. The fraction of sp³-hybridized carbons (Fsp3) is 0.625. The van der Waals surface area contributed by atoms with Crippen LogP contribution in [0.5, 0.6) is 0 Å². The Balaban J connectivity index is 3.11. The predicted octanol–water partition coefficient (Wildman–Crippen LogP) is 3.59. The van der Waals surface area contributed by atoms with Crippen molar-refractivity contribution in [3.8, 4) is 0 Å². The second-order valence-corrected chi connectivity index (χ2v) is 4.87. The van der Waals surface area contributed by atoms with E-state index in [1.807, 2.05) is 6.07 Å². The summed E-state index contributed by atoms with van der Waals surface area (Å²) in [6.45, 7) is 11.1. The summed E-state index contributed by atoms with van der Waals surface area (Å²) in [5.41, 5.74) is 7.92. The number of hydrogen-bond donors (Lipinski definition) is 1. The lowest BCUT2D eigenvalue weighted by molar-refractivity contribution is 0.0625. The Morgan fingerprint density at radius 1 is 1.00 bits per heavy atom. The van der Waals surface area contributed by atoms with Crippen molar-refractivity contribution in [1.29, 1.82) is 0 Å². The summed E-state index contributed by atoms with van der Waals surface area (Å²) in [6, 6.07) is 10.6. The molecule has 102 valence electrons. The first kappa shape index (κ1) is 15.2. The number of nitrogens with zero attached hydrogens (tertiary/aromatic N) is 1. The van der Waals surface area contributed by atoms with Gasteiger partial charge in [-0.2, -0.15) is 0 Å². The molecule has 18 heavy (non-hydrogen) atoms. The molecule has 1 unspecified atom stereocenters. The van der Waals surface area contributed by atoms with Crippen LogP contribution in [-0.2, 0) is 0 Å². The molecule has 0 saturated carbocycles. The van der Waals surface area contributed by atoms with Crippen molar-refractivity contribution in [2.24, 2.45) is 5.73 Å². The van der Waals surface area contributed by atoms with Crippen LogP contribution < -0.4 is 5.73 Å². The third kappa shape index (κ3) is 2.76. The van der Waals surface area contributed by atoms with Crippen LogP contribution in [0, 0.1) is 0 Å². The van der Waals surface area contributed by atoms with Crippen LogP contribution in [0.1, 0.15) is 52.1 Å². The van der Waals surface area contributed by atoms with Crippen LogP contribution in [0.4, 0.5) is 0 Å². The van der Waals surface area contributed by atoms with Crippen molar-refractivity contribution in [3.05, 3.63) is 35.9 Å². The van der Waals surface area contributed by atoms with E-state index >= 15 is 0 Å². The molecule has 0 amide bonds. The first-order valence-electron chi connectivity index (χ1n) is 7.21. The monoisotopic (exact) mass is 248 g/mol. The van der Waals surface area contributed by atoms with E-state index in [-0.39, 0.29) is 11.6 Å². The minimum atomic E-state index is 0.0743. The summed E-state index contributed by atoms with van der Waals surface area (Å²) in [7, 11) is 0. The smallest absolute Gasteiger partial charge is 0.0481 e. The molecule has 1 atom stereocenters. The number of benzene rings is 1. The molecule has 2 N–H and O–H groups in total. The molecule has 1 aromatic carbocycles. The van der Waals surface area contributed by atoms with Crippen molar-refractivity contribution in [2.45, 2.75) is 52.1 Å². The molecule has 2 nitrogen and oxygen atoms in total. The topological polar surface area (TPSA) is 29.3 Å². The van der Waals surface area contributed by atoms with Gasteiger partial charge in [-0.3, -0.25) is 4.90 Å². The highest BCUT2D eigenvalue weighted by Gasteiger charge is 2.38. The largest absolute Gasteiger partial charge is 0.322 e. The van der Waals surface area contributed by atoms with Gasteiger partial charge in [0, 0.05) is 11.6 Å². The molecular weight excluding hydrogens is 220 g/mol. The van der Waals surface area contributed by atoms with E-state index in [9.17, 15) is 0 Å². The molecule has 0 heterocycles. The van der Waals surface area contributed by atoms with Gasteiger partial charge in [0.25, 0.3) is 0 Å². The van der Waals surface area contributed by atoms with Crippen molar-refractivity contribution in [1.82, 2.24) is 4.90 Å². The number of likely N-dealkylation sites (N-methyl/N-ethyl adjacent to an activating group) is 1. The lowest BCUT2D eigenvalue weighted by atomic mass is 9.79. The Morgan fingerprint density at radius 2 is 1.50 bits per heavy atom. The quantitative estimate of drug-likeness (QED) is 0.799. The van der Waals surface area contributed by atoms with Gasteiger partial charge >= 0.3 is 0 Å². The molecule has 2 heteroatoms. The molecular formula is C16H28N2. The van der Waals surface area contributed by atoms with Crippen LogP contribution in [0.3, 0.4) is 0 Å². The summed E-state index contributed by atoms with van der Waals surface area (Å²) in [5, 5.41) is 0. The zero-order chi connectivity index (χ0) is 13.6. The van der Waals surface area contributed by atoms with Crippen molar-refractivity contribution >= 4 is 0 Å². The van der Waals surface area contributed by atoms with Gasteiger partial charge in [0.15, 0.2) is 0 Å². The van der Waals surface area contributed by atoms with Crippen LogP contribution >= 0.6 is 0 Å². The van der Waals surface area contributed by atoms with Crippen LogP contribution in [0.15, 0.2) is 30.3 Å². The number of rotatable bonds is 7. The Morgan fingerprint density at radius 3 is 1.89 bits per heavy atom. The first-order valence-corrected chi connectivity index (χ1v) is 7.21. The fourth-order valence-corrected chi connectivity index (χ4v) is 3.16. The van der Waals surface area contributed by atoms with E-state index in [0.717, 1.165) is 25.9 Å². The first-order chi connectivity index (χ1) is 8.66. The highest BCUT2D eigenvalue weighted by atomic mass is 15.2. The van der Waals surface area contributed by atoms with Gasteiger partial charge in [0.05, 0.1) is 0 Å². The summed E-state index contributed by atoms with van der Waals surface area (Å²) in [5.74, 6) is 0. The van der Waals surface area contributed by atoms with Crippen LogP contribution in [0.25, 0.3) is 0 Å². The van der Waals surface area contributed by atoms with Crippen LogP contribution in [0.2, 0.25) is 0 Å². The highest BCUT2D eigenvalue weighted by Crippen LogP contribution is 2.35.